The van der Waals surface area contributed by atoms with Crippen LogP contribution in [0.3, 0.4) is 0 Å². The van der Waals surface area contributed by atoms with Crippen LogP contribution in [0.25, 0.3) is 11.2 Å². The van der Waals surface area contributed by atoms with Crippen LogP contribution in [-0.4, -0.2) is 86.2 Å². The lowest BCUT2D eigenvalue weighted by molar-refractivity contribution is -0.265. The standard InChI is InChI=1S/C27H42F6N6O4SSi/c1-24(2,3)44(41)37-19(15-43-25(4,5)27(31,32)33)22-35-18-10-9-17(13-38-14-20(26(28,29)30)36-23(38)40)34-21(18)39(22)16-42-11-12-45(6,7)8/h9-10,19-20,37H,11-16H2,1-8H3,(H,36,40)/t19-,20?,44+/m0/s1. The first-order valence-corrected chi connectivity index (χ1v) is 19.2. The Labute approximate surface area is 262 Å². The molecule has 3 heterocycles. The lowest BCUT2D eigenvalue weighted by Gasteiger charge is -2.31. The van der Waals surface area contributed by atoms with Crippen molar-refractivity contribution in [2.75, 3.05) is 19.8 Å². The number of alkyl halides is 6. The summed E-state index contributed by atoms with van der Waals surface area (Å²) in [6, 6.07) is -0.141. The summed E-state index contributed by atoms with van der Waals surface area (Å²) in [6.45, 7) is 12.2. The summed E-state index contributed by atoms with van der Waals surface area (Å²) < 4.78 is 109. The molecule has 0 aromatic carbocycles. The van der Waals surface area contributed by atoms with Crippen LogP contribution in [0.4, 0.5) is 31.1 Å². The smallest absolute Gasteiger partial charge is 0.364 e. The second-order valence-electron chi connectivity index (χ2n) is 13.7. The van der Waals surface area contributed by atoms with E-state index in [4.69, 9.17) is 9.47 Å². The zero-order chi connectivity index (χ0) is 34.2. The predicted molar refractivity (Wildman–Crippen MR) is 160 cm³/mol. The summed E-state index contributed by atoms with van der Waals surface area (Å²) in [5.41, 5.74) is -1.74. The van der Waals surface area contributed by atoms with E-state index in [-0.39, 0.29) is 30.4 Å². The molecule has 2 aromatic rings. The van der Waals surface area contributed by atoms with Crippen molar-refractivity contribution < 1.29 is 44.8 Å². The number of urea groups is 1. The first-order valence-electron chi connectivity index (χ1n) is 14.3. The molecule has 2 amide bonds. The molecule has 0 saturated carbocycles. The van der Waals surface area contributed by atoms with Gasteiger partial charge in [-0.25, -0.2) is 23.7 Å². The molecule has 2 N–H and O–H groups in total. The first kappa shape index (κ1) is 37.2. The molecular formula is C27H42F6N6O4SSi. The van der Waals surface area contributed by atoms with Crippen molar-refractivity contribution in [2.24, 2.45) is 0 Å². The normalized spacial score (nSPS) is 18.5. The van der Waals surface area contributed by atoms with Gasteiger partial charge in [-0.1, -0.05) is 19.6 Å². The third-order valence-electron chi connectivity index (χ3n) is 7.04. The van der Waals surface area contributed by atoms with Crippen molar-refractivity contribution in [1.29, 1.82) is 0 Å². The number of halogens is 6. The molecule has 3 rings (SSSR count). The Hall–Kier alpha value is -2.28. The molecule has 0 bridgehead atoms. The number of rotatable bonds is 13. The van der Waals surface area contributed by atoms with Crippen molar-refractivity contribution in [2.45, 2.75) is 108 Å². The highest BCUT2D eigenvalue weighted by Gasteiger charge is 2.49. The number of carbonyl (C=O) groups is 1. The molecular weight excluding hydrogens is 646 g/mol. The van der Waals surface area contributed by atoms with Crippen LogP contribution in [0.15, 0.2) is 12.1 Å². The molecule has 1 aliphatic rings. The SMILES string of the molecule is CC(C)(C)[S@@](=O)N[C@@H](COC(C)(C)C(F)(F)F)c1nc2ccc(CN3CC(C(F)(F)F)NC3=O)nc2n1COCC[Si](C)(C)C. The molecule has 0 radical (unpaired) electrons. The van der Waals surface area contributed by atoms with Crippen LogP contribution in [0.1, 0.15) is 52.2 Å². The summed E-state index contributed by atoms with van der Waals surface area (Å²) in [6.07, 6.45) is -9.30. The largest absolute Gasteiger partial charge is 0.416 e. The Morgan fingerprint density at radius 3 is 2.27 bits per heavy atom. The van der Waals surface area contributed by atoms with Gasteiger partial charge in [-0.05, 0) is 52.8 Å². The third-order valence-corrected chi connectivity index (χ3v) is 10.4. The summed E-state index contributed by atoms with van der Waals surface area (Å²) in [5, 5.41) is 1.91. The van der Waals surface area contributed by atoms with E-state index in [0.717, 1.165) is 24.8 Å². The molecule has 1 unspecified atom stereocenters. The third kappa shape index (κ3) is 9.85. The molecule has 1 saturated heterocycles. The maximum Gasteiger partial charge on any atom is 0.416 e. The summed E-state index contributed by atoms with van der Waals surface area (Å²) in [4.78, 5) is 22.4. The molecule has 256 valence electrons. The van der Waals surface area contributed by atoms with E-state index in [1.54, 1.807) is 26.8 Å². The van der Waals surface area contributed by atoms with Crippen LogP contribution >= 0.6 is 0 Å². The van der Waals surface area contributed by atoms with Crippen LogP contribution in [-0.2, 0) is 33.7 Å². The van der Waals surface area contributed by atoms with Gasteiger partial charge >= 0.3 is 18.4 Å². The Bertz CT molecular complexity index is 1370. The maximum atomic E-state index is 13.7. The highest BCUT2D eigenvalue weighted by molar-refractivity contribution is 7.84. The second kappa shape index (κ2) is 13.4. The molecule has 0 aliphatic carbocycles. The number of fused-ring (bicyclic) bond motifs is 1. The number of hydrogen-bond donors (Lipinski definition) is 2. The monoisotopic (exact) mass is 688 g/mol. The summed E-state index contributed by atoms with van der Waals surface area (Å²) in [5.74, 6) is 0.147. The number of hydrogen-bond acceptors (Lipinski definition) is 6. The average Bonchev–Trinajstić information content (AvgIpc) is 3.42. The fourth-order valence-electron chi connectivity index (χ4n) is 4.02. The van der Waals surface area contributed by atoms with E-state index in [1.807, 2.05) is 5.32 Å². The van der Waals surface area contributed by atoms with Gasteiger partial charge in [0.1, 0.15) is 30.2 Å². The second-order valence-corrected chi connectivity index (χ2v) is 21.3. The van der Waals surface area contributed by atoms with Gasteiger partial charge in [0.25, 0.3) is 0 Å². The molecule has 3 atom stereocenters. The van der Waals surface area contributed by atoms with Crippen LogP contribution in [0, 0.1) is 0 Å². The van der Waals surface area contributed by atoms with Gasteiger partial charge in [-0.2, -0.15) is 26.3 Å². The topological polar surface area (TPSA) is 111 Å². The van der Waals surface area contributed by atoms with E-state index in [9.17, 15) is 35.3 Å². The lowest BCUT2D eigenvalue weighted by atomic mass is 10.1. The van der Waals surface area contributed by atoms with Gasteiger partial charge in [0.2, 0.25) is 0 Å². The van der Waals surface area contributed by atoms with Crippen LogP contribution in [0.5, 0.6) is 0 Å². The minimum Gasteiger partial charge on any atom is -0.364 e. The highest BCUT2D eigenvalue weighted by Crippen LogP contribution is 2.34. The molecule has 18 heteroatoms. The van der Waals surface area contributed by atoms with Crippen molar-refractivity contribution in [3.63, 3.8) is 0 Å². The fraction of sp³-hybridized carbons (Fsp3) is 0.741. The number of amides is 2. The fourth-order valence-corrected chi connectivity index (χ4v) is 5.56. The van der Waals surface area contributed by atoms with Gasteiger partial charge in [0.05, 0.1) is 41.1 Å². The van der Waals surface area contributed by atoms with Crippen molar-refractivity contribution in [3.8, 4) is 0 Å². The zero-order valence-electron chi connectivity index (χ0n) is 26.6. The van der Waals surface area contributed by atoms with Crippen molar-refractivity contribution in [1.82, 2.24) is 29.5 Å². The summed E-state index contributed by atoms with van der Waals surface area (Å²) >= 11 is 0. The average molecular weight is 689 g/mol. The van der Waals surface area contributed by atoms with Crippen LogP contribution < -0.4 is 10.0 Å². The summed E-state index contributed by atoms with van der Waals surface area (Å²) in [7, 11) is -3.24. The van der Waals surface area contributed by atoms with Gasteiger partial charge in [-0.15, -0.1) is 0 Å². The Morgan fingerprint density at radius 1 is 1.09 bits per heavy atom. The van der Waals surface area contributed by atoms with Gasteiger partial charge in [-0.3, -0.25) is 4.57 Å². The number of ether oxygens (including phenoxy) is 2. The quantitative estimate of drug-likeness (QED) is 0.160. The number of aromatic nitrogens is 3. The molecule has 1 aliphatic heterocycles. The Kier molecular flexibility index (Phi) is 11.1. The zero-order valence-corrected chi connectivity index (χ0v) is 28.5. The van der Waals surface area contributed by atoms with E-state index in [2.05, 4.69) is 34.3 Å². The lowest BCUT2D eigenvalue weighted by Crippen LogP contribution is -2.45. The molecule has 10 nitrogen and oxygen atoms in total. The molecule has 1 fully saturated rings. The number of nitrogens with one attached hydrogen (secondary N) is 2. The highest BCUT2D eigenvalue weighted by atomic mass is 32.2. The number of pyridine rings is 1. The first-order chi connectivity index (χ1) is 20.4. The van der Waals surface area contributed by atoms with Gasteiger partial charge in [0, 0.05) is 14.7 Å². The van der Waals surface area contributed by atoms with Crippen molar-refractivity contribution >= 4 is 36.3 Å². The van der Waals surface area contributed by atoms with Gasteiger partial charge in [0.15, 0.2) is 11.2 Å². The molecule has 2 aromatic heterocycles. The van der Waals surface area contributed by atoms with Gasteiger partial charge < -0.3 is 19.7 Å². The molecule has 45 heavy (non-hydrogen) atoms. The Balaban J connectivity index is 2.03. The number of nitrogens with zero attached hydrogens (tertiary/aromatic N) is 4. The molecule has 0 spiro atoms. The van der Waals surface area contributed by atoms with Crippen molar-refractivity contribution in [3.05, 3.63) is 23.7 Å². The van der Waals surface area contributed by atoms with E-state index in [0.29, 0.717) is 12.1 Å². The van der Waals surface area contributed by atoms with E-state index >= 15 is 0 Å². The number of carbonyl (C=O) groups excluding carboxylic acids is 1. The van der Waals surface area contributed by atoms with E-state index in [1.165, 1.54) is 10.6 Å². The number of imidazole rings is 1. The maximum absolute atomic E-state index is 13.7. The van der Waals surface area contributed by atoms with Crippen LogP contribution in [0.2, 0.25) is 25.7 Å². The minimum atomic E-state index is -4.69. The minimum absolute atomic E-state index is 0.115. The predicted octanol–water partition coefficient (Wildman–Crippen LogP) is 5.65. The van der Waals surface area contributed by atoms with E-state index < -0.39 is 73.0 Å². The Morgan fingerprint density at radius 2 is 1.73 bits per heavy atom.